The number of benzene rings is 1. The fourth-order valence-electron chi connectivity index (χ4n) is 1.79. The second-order valence-corrected chi connectivity index (χ2v) is 6.89. The van der Waals surface area contributed by atoms with E-state index >= 15 is 0 Å². The average Bonchev–Trinajstić information content (AvgIpc) is 2.71. The number of cyclic esters (lactones) is 1. The van der Waals surface area contributed by atoms with Crippen molar-refractivity contribution in [2.75, 3.05) is 6.61 Å². The van der Waals surface area contributed by atoms with Crippen molar-refractivity contribution in [1.29, 1.82) is 0 Å². The number of carbonyl (C=O) groups excluding carboxylic acids is 1. The molecule has 0 saturated carbocycles. The van der Waals surface area contributed by atoms with Crippen LogP contribution in [0.4, 0.5) is 0 Å². The Labute approximate surface area is 151 Å². The van der Waals surface area contributed by atoms with Gasteiger partial charge in [-0.25, -0.2) is 9.79 Å². The third-order valence-corrected chi connectivity index (χ3v) is 4.40. The summed E-state index contributed by atoms with van der Waals surface area (Å²) in [4.78, 5) is 15.6. The summed E-state index contributed by atoms with van der Waals surface area (Å²) < 4.78 is 12.8. The highest BCUT2D eigenvalue weighted by molar-refractivity contribution is 14.1. The van der Waals surface area contributed by atoms with E-state index in [2.05, 4.69) is 57.1 Å². The van der Waals surface area contributed by atoms with Gasteiger partial charge in [0.05, 0.1) is 13.7 Å². The van der Waals surface area contributed by atoms with Crippen molar-refractivity contribution in [3.05, 3.63) is 30.5 Å². The third kappa shape index (κ3) is 4.41. The molecule has 1 aliphatic heterocycles. The second kappa shape index (κ2) is 7.57. The maximum atomic E-state index is 11.6. The van der Waals surface area contributed by atoms with Gasteiger partial charge in [-0.2, -0.15) is 0 Å². The molecule has 2 rings (SSSR count). The van der Waals surface area contributed by atoms with Gasteiger partial charge in [-0.3, -0.25) is 0 Å². The van der Waals surface area contributed by atoms with E-state index in [-0.39, 0.29) is 0 Å². The molecule has 1 aliphatic rings. The number of ether oxygens (including phenoxy) is 2. The molecule has 0 atom stereocenters. The molecule has 0 amide bonds. The fraction of sp³-hybridized carbons (Fsp3) is 0.333. The summed E-state index contributed by atoms with van der Waals surface area (Å²) >= 11 is 4.50. The maximum absolute atomic E-state index is 11.6. The van der Waals surface area contributed by atoms with Gasteiger partial charge in [-0.05, 0) is 75.4 Å². The average molecular weight is 511 g/mol. The molecule has 6 heteroatoms. The van der Waals surface area contributed by atoms with Gasteiger partial charge < -0.3 is 9.47 Å². The molecule has 1 aromatic rings. The summed E-state index contributed by atoms with van der Waals surface area (Å²) in [5.41, 5.74) is 1.25. The molecule has 0 N–H and O–H groups in total. The van der Waals surface area contributed by atoms with Crippen LogP contribution in [0.5, 0.6) is 5.75 Å². The quantitative estimate of drug-likeness (QED) is 0.255. The molecule has 0 aromatic heterocycles. The van der Waals surface area contributed by atoms with Gasteiger partial charge in [-0.1, -0.05) is 13.3 Å². The smallest absolute Gasteiger partial charge is 0.363 e. The zero-order valence-electron chi connectivity index (χ0n) is 11.8. The molecule has 112 valence electrons. The van der Waals surface area contributed by atoms with Crippen LogP contribution in [0.1, 0.15) is 32.3 Å². The van der Waals surface area contributed by atoms with Crippen LogP contribution in [-0.4, -0.2) is 18.5 Å². The second-order valence-electron chi connectivity index (χ2n) is 4.57. The molecular formula is C15H15I2NO3. The highest BCUT2D eigenvalue weighted by atomic mass is 127. The Morgan fingerprint density at radius 2 is 2.00 bits per heavy atom. The standard InChI is InChI=1S/C15H15I2NO3/c1-3-4-5-20-14-11(16)6-10(7-12(14)17)8-13-15(19)21-9(2)18-13/h6-8H,3-5H2,1-2H3/b13-8+. The Morgan fingerprint density at radius 3 is 2.52 bits per heavy atom. The minimum atomic E-state index is -0.402. The van der Waals surface area contributed by atoms with Crippen LogP contribution in [0.25, 0.3) is 6.08 Å². The highest BCUT2D eigenvalue weighted by Crippen LogP contribution is 2.30. The summed E-state index contributed by atoms with van der Waals surface area (Å²) in [5.74, 6) is 0.886. The Kier molecular flexibility index (Phi) is 6.03. The van der Waals surface area contributed by atoms with Gasteiger partial charge in [0.1, 0.15) is 5.75 Å². The van der Waals surface area contributed by atoms with Gasteiger partial charge in [0, 0.05) is 6.92 Å². The van der Waals surface area contributed by atoms with Crippen LogP contribution in [0, 0.1) is 7.14 Å². The van der Waals surface area contributed by atoms with Crippen molar-refractivity contribution >= 4 is 63.1 Å². The first-order valence-electron chi connectivity index (χ1n) is 6.62. The summed E-state index contributed by atoms with van der Waals surface area (Å²) in [5, 5.41) is 0. The van der Waals surface area contributed by atoms with Crippen molar-refractivity contribution < 1.29 is 14.3 Å². The Balaban J connectivity index is 2.24. The summed E-state index contributed by atoms with van der Waals surface area (Å²) in [6.07, 6.45) is 3.88. The largest absolute Gasteiger partial charge is 0.491 e. The minimum absolute atomic E-state index is 0.332. The molecule has 0 saturated heterocycles. The Bertz CT molecular complexity index is 600. The normalized spacial score (nSPS) is 16.1. The van der Waals surface area contributed by atoms with E-state index in [1.165, 1.54) is 0 Å². The van der Waals surface area contributed by atoms with Crippen LogP contribution in [-0.2, 0) is 9.53 Å². The Hall–Kier alpha value is -0.640. The van der Waals surface area contributed by atoms with Crippen molar-refractivity contribution in [3.63, 3.8) is 0 Å². The third-order valence-electron chi connectivity index (χ3n) is 2.80. The number of aliphatic imine (C=N–C) groups is 1. The van der Waals surface area contributed by atoms with Crippen molar-refractivity contribution in [3.8, 4) is 5.75 Å². The van der Waals surface area contributed by atoms with E-state index in [0.29, 0.717) is 11.6 Å². The molecule has 0 aliphatic carbocycles. The molecule has 1 aromatic carbocycles. The van der Waals surface area contributed by atoms with Crippen LogP contribution < -0.4 is 4.74 Å². The molecule has 4 nitrogen and oxygen atoms in total. The summed E-state index contributed by atoms with van der Waals surface area (Å²) in [7, 11) is 0. The van der Waals surface area contributed by atoms with Gasteiger partial charge in [-0.15, -0.1) is 0 Å². The molecular weight excluding hydrogens is 496 g/mol. The number of rotatable bonds is 5. The SMILES string of the molecule is CCCCOc1c(I)cc(/C=C2/N=C(C)OC2=O)cc1I. The zero-order chi connectivity index (χ0) is 15.4. The van der Waals surface area contributed by atoms with E-state index < -0.39 is 5.97 Å². The van der Waals surface area contributed by atoms with E-state index in [4.69, 9.17) is 9.47 Å². The van der Waals surface area contributed by atoms with Gasteiger partial charge in [0.25, 0.3) is 0 Å². The lowest BCUT2D eigenvalue weighted by atomic mass is 10.2. The van der Waals surface area contributed by atoms with E-state index in [1.54, 1.807) is 13.0 Å². The lowest BCUT2D eigenvalue weighted by Gasteiger charge is -2.11. The van der Waals surface area contributed by atoms with E-state index in [9.17, 15) is 4.79 Å². The van der Waals surface area contributed by atoms with E-state index in [1.807, 2.05) is 12.1 Å². The topological polar surface area (TPSA) is 47.9 Å². The van der Waals surface area contributed by atoms with Crippen molar-refractivity contribution in [1.82, 2.24) is 0 Å². The van der Waals surface area contributed by atoms with Crippen LogP contribution in [0.15, 0.2) is 22.8 Å². The molecule has 0 unspecified atom stereocenters. The molecule has 0 spiro atoms. The number of carbonyl (C=O) groups is 1. The molecule has 21 heavy (non-hydrogen) atoms. The molecule has 0 radical (unpaired) electrons. The molecule has 0 bridgehead atoms. The van der Waals surface area contributed by atoms with Crippen LogP contribution >= 0.6 is 45.2 Å². The van der Waals surface area contributed by atoms with Gasteiger partial charge in [0.2, 0.25) is 0 Å². The summed E-state index contributed by atoms with van der Waals surface area (Å²) in [6, 6.07) is 3.96. The number of esters is 1. The predicted molar refractivity (Wildman–Crippen MR) is 99.5 cm³/mol. The Morgan fingerprint density at radius 1 is 1.33 bits per heavy atom. The van der Waals surface area contributed by atoms with Gasteiger partial charge in [0.15, 0.2) is 11.6 Å². The molecule has 1 heterocycles. The number of hydrogen-bond donors (Lipinski definition) is 0. The number of hydrogen-bond acceptors (Lipinski definition) is 4. The highest BCUT2D eigenvalue weighted by Gasteiger charge is 2.20. The van der Waals surface area contributed by atoms with Crippen LogP contribution in [0.2, 0.25) is 0 Å². The number of nitrogens with zero attached hydrogens (tertiary/aromatic N) is 1. The number of unbranched alkanes of at least 4 members (excludes halogenated alkanes) is 1. The summed E-state index contributed by atoms with van der Waals surface area (Å²) in [6.45, 7) is 4.52. The minimum Gasteiger partial charge on any atom is -0.491 e. The van der Waals surface area contributed by atoms with Crippen molar-refractivity contribution in [2.24, 2.45) is 4.99 Å². The molecule has 0 fully saturated rings. The lowest BCUT2D eigenvalue weighted by molar-refractivity contribution is -0.130. The fourth-order valence-corrected chi connectivity index (χ4v) is 3.92. The first-order chi connectivity index (χ1) is 10.0. The zero-order valence-corrected chi connectivity index (χ0v) is 16.1. The first kappa shape index (κ1) is 16.7. The number of halogens is 2. The van der Waals surface area contributed by atoms with Gasteiger partial charge >= 0.3 is 5.97 Å². The van der Waals surface area contributed by atoms with Crippen molar-refractivity contribution in [2.45, 2.75) is 26.7 Å². The van der Waals surface area contributed by atoms with Crippen LogP contribution in [0.3, 0.4) is 0 Å². The lowest BCUT2D eigenvalue weighted by Crippen LogP contribution is -2.01. The maximum Gasteiger partial charge on any atom is 0.363 e. The first-order valence-corrected chi connectivity index (χ1v) is 8.78. The monoisotopic (exact) mass is 511 g/mol. The predicted octanol–water partition coefficient (Wildman–Crippen LogP) is 4.39. The van der Waals surface area contributed by atoms with E-state index in [0.717, 1.165) is 37.9 Å².